The second-order valence-corrected chi connectivity index (χ2v) is 7.42. The van der Waals surface area contributed by atoms with Crippen molar-refractivity contribution in [1.82, 2.24) is 4.98 Å². The average Bonchev–Trinajstić information content (AvgIpc) is 2.99. The van der Waals surface area contributed by atoms with Gasteiger partial charge in [-0.1, -0.05) is 23.5 Å². The van der Waals surface area contributed by atoms with Gasteiger partial charge in [0.05, 0.1) is 4.88 Å². The van der Waals surface area contributed by atoms with Gasteiger partial charge in [-0.25, -0.2) is 8.78 Å². The van der Waals surface area contributed by atoms with Gasteiger partial charge in [0.2, 0.25) is 5.88 Å². The molecule has 30 heavy (non-hydrogen) atoms. The predicted octanol–water partition coefficient (Wildman–Crippen LogP) is 3.37. The zero-order valence-electron chi connectivity index (χ0n) is 15.0. The maximum Gasteiger partial charge on any atom is 0.307 e. The average molecular weight is 430 g/mol. The van der Waals surface area contributed by atoms with Crippen LogP contribution in [0, 0.1) is 11.6 Å². The first-order chi connectivity index (χ1) is 14.3. The Bertz CT molecular complexity index is 1390. The number of carbonyl (C=O) groups is 1. The second-order valence-electron chi connectivity index (χ2n) is 6.35. The zero-order valence-corrected chi connectivity index (χ0v) is 15.8. The van der Waals surface area contributed by atoms with Crippen molar-refractivity contribution in [3.05, 3.63) is 90.2 Å². The summed E-state index contributed by atoms with van der Waals surface area (Å²) >= 11 is 0.899. The highest BCUT2D eigenvalue weighted by atomic mass is 32.1. The molecule has 0 unspecified atom stereocenters. The molecule has 2 aromatic carbocycles. The third kappa shape index (κ3) is 3.85. The fraction of sp³-hybridized carbons (Fsp3) is 0.0500. The number of aromatic amines is 1. The van der Waals surface area contributed by atoms with E-state index >= 15 is 0 Å². The molecule has 4 aromatic rings. The molecule has 0 fully saturated rings. The van der Waals surface area contributed by atoms with Gasteiger partial charge in [-0.05, 0) is 17.7 Å². The smallest absolute Gasteiger partial charge is 0.307 e. The van der Waals surface area contributed by atoms with Gasteiger partial charge in [0.15, 0.2) is 11.2 Å². The normalized spacial score (nSPS) is 11.0. The minimum atomic E-state index is -1.07. The first kappa shape index (κ1) is 19.5. The topological polar surface area (TPSA) is 112 Å². The largest absolute Gasteiger partial charge is 0.494 e. The van der Waals surface area contributed by atoms with Crippen molar-refractivity contribution < 1.29 is 23.1 Å². The molecule has 0 saturated carbocycles. The summed E-state index contributed by atoms with van der Waals surface area (Å²) in [6.45, 7) is 0. The van der Waals surface area contributed by atoms with Gasteiger partial charge in [0.1, 0.15) is 22.6 Å². The zero-order chi connectivity index (χ0) is 21.4. The lowest BCUT2D eigenvalue weighted by Gasteiger charge is -2.07. The van der Waals surface area contributed by atoms with Gasteiger partial charge in [-0.15, -0.1) is 0 Å². The van der Waals surface area contributed by atoms with E-state index in [0.29, 0.717) is 23.1 Å². The van der Waals surface area contributed by atoms with Gasteiger partial charge >= 0.3 is 4.87 Å². The minimum Gasteiger partial charge on any atom is -0.494 e. The monoisotopic (exact) mass is 430 g/mol. The number of anilines is 1. The first-order valence-corrected chi connectivity index (χ1v) is 9.36. The number of aromatic hydroxyl groups is 1. The Morgan fingerprint density at radius 2 is 1.87 bits per heavy atom. The van der Waals surface area contributed by atoms with Gasteiger partial charge in [-0.2, -0.15) is 0 Å². The Hall–Kier alpha value is -3.79. The Morgan fingerprint density at radius 1 is 1.13 bits per heavy atom. The highest BCUT2D eigenvalue weighted by Crippen LogP contribution is 2.22. The van der Waals surface area contributed by atoms with Gasteiger partial charge in [0.25, 0.3) is 5.91 Å². The number of aromatic nitrogens is 1. The van der Waals surface area contributed by atoms with Gasteiger partial charge in [0, 0.05) is 30.3 Å². The molecular formula is C20H12F2N2O5S. The van der Waals surface area contributed by atoms with Crippen LogP contribution in [-0.2, 0) is 6.42 Å². The highest BCUT2D eigenvalue weighted by molar-refractivity contribution is 7.09. The third-order valence-corrected chi connectivity index (χ3v) is 5.12. The lowest BCUT2D eigenvalue weighted by atomic mass is 10.1. The summed E-state index contributed by atoms with van der Waals surface area (Å²) in [7, 11) is 0. The number of hydrogen-bond donors (Lipinski definition) is 3. The van der Waals surface area contributed by atoms with Crippen LogP contribution in [0.1, 0.15) is 21.0 Å². The number of thiazole rings is 1. The van der Waals surface area contributed by atoms with Crippen LogP contribution in [0.2, 0.25) is 0 Å². The maximum atomic E-state index is 13.8. The second kappa shape index (κ2) is 7.56. The fourth-order valence-corrected chi connectivity index (χ4v) is 3.63. The van der Waals surface area contributed by atoms with Crippen LogP contribution in [0.25, 0.3) is 11.0 Å². The molecule has 10 heteroatoms. The molecule has 0 spiro atoms. The fourth-order valence-electron chi connectivity index (χ4n) is 2.88. The molecule has 1 amide bonds. The van der Waals surface area contributed by atoms with Crippen LogP contribution in [0.3, 0.4) is 0 Å². The van der Waals surface area contributed by atoms with Crippen molar-refractivity contribution in [2.24, 2.45) is 0 Å². The molecule has 152 valence electrons. The Morgan fingerprint density at radius 3 is 2.53 bits per heavy atom. The third-order valence-electron chi connectivity index (χ3n) is 4.25. The molecule has 0 aliphatic rings. The molecule has 0 radical (unpaired) electrons. The number of amides is 1. The van der Waals surface area contributed by atoms with Crippen molar-refractivity contribution in [2.75, 3.05) is 5.32 Å². The van der Waals surface area contributed by atoms with Crippen molar-refractivity contribution in [1.29, 1.82) is 0 Å². The molecule has 0 atom stereocenters. The summed E-state index contributed by atoms with van der Waals surface area (Å²) in [5, 5.41) is 11.7. The molecule has 0 aliphatic heterocycles. The Balaban J connectivity index is 1.54. The number of benzene rings is 2. The summed E-state index contributed by atoms with van der Waals surface area (Å²) in [5.74, 6) is -3.35. The van der Waals surface area contributed by atoms with E-state index in [1.165, 1.54) is 0 Å². The van der Waals surface area contributed by atoms with Crippen LogP contribution in [0.5, 0.6) is 5.88 Å². The lowest BCUT2D eigenvalue weighted by molar-refractivity contribution is 0.0997. The van der Waals surface area contributed by atoms with Crippen molar-refractivity contribution >= 4 is 33.9 Å². The van der Waals surface area contributed by atoms with Crippen LogP contribution >= 0.6 is 11.3 Å². The molecule has 7 nitrogen and oxygen atoms in total. The van der Waals surface area contributed by atoms with Crippen molar-refractivity contribution in [3.8, 4) is 5.88 Å². The number of fused-ring (bicyclic) bond motifs is 1. The number of rotatable bonds is 4. The lowest BCUT2D eigenvalue weighted by Crippen LogP contribution is -2.15. The van der Waals surface area contributed by atoms with Crippen molar-refractivity contribution in [3.63, 3.8) is 0 Å². The molecule has 2 aromatic heterocycles. The molecule has 0 saturated heterocycles. The van der Waals surface area contributed by atoms with E-state index < -0.39 is 34.1 Å². The Kier molecular flexibility index (Phi) is 4.92. The summed E-state index contributed by atoms with van der Waals surface area (Å²) in [4.78, 5) is 38.1. The molecule has 4 rings (SSSR count). The van der Waals surface area contributed by atoms with Crippen LogP contribution in [0.4, 0.5) is 14.5 Å². The van der Waals surface area contributed by atoms with E-state index in [2.05, 4.69) is 10.3 Å². The standard InChI is InChI=1S/C20H12F2N2O5S/c21-10-6-12(22)17-13(25)8-15(29-14(17)7-10)18(26)23-11-3-1-9(2-4-11)5-16-19(27)24-20(28)30-16/h1-4,6-8,27H,5H2,(H,23,26)(H,24,28). The van der Waals surface area contributed by atoms with Gasteiger partial charge in [-0.3, -0.25) is 19.4 Å². The molecule has 0 bridgehead atoms. The van der Waals surface area contributed by atoms with E-state index in [4.69, 9.17) is 4.42 Å². The quantitative estimate of drug-likeness (QED) is 0.460. The first-order valence-electron chi connectivity index (χ1n) is 8.54. The predicted molar refractivity (Wildman–Crippen MR) is 106 cm³/mol. The minimum absolute atomic E-state index is 0.179. The van der Waals surface area contributed by atoms with Crippen LogP contribution in [0.15, 0.2) is 56.5 Å². The summed E-state index contributed by atoms with van der Waals surface area (Å²) < 4.78 is 32.4. The number of nitrogens with one attached hydrogen (secondary N) is 2. The van der Waals surface area contributed by atoms with E-state index in [-0.39, 0.29) is 16.3 Å². The van der Waals surface area contributed by atoms with E-state index in [0.717, 1.165) is 29.0 Å². The van der Waals surface area contributed by atoms with E-state index in [9.17, 15) is 28.3 Å². The maximum absolute atomic E-state index is 13.8. The van der Waals surface area contributed by atoms with E-state index in [1.807, 2.05) is 0 Å². The SMILES string of the molecule is O=C(Nc1ccc(Cc2sc(=O)[nH]c2O)cc1)c1cc(=O)c2c(F)cc(F)cc2o1. The Labute approximate surface area is 170 Å². The van der Waals surface area contributed by atoms with Crippen LogP contribution < -0.4 is 15.6 Å². The summed E-state index contributed by atoms with van der Waals surface area (Å²) in [6, 6.07) is 8.75. The number of halogens is 2. The van der Waals surface area contributed by atoms with Crippen LogP contribution in [-0.4, -0.2) is 16.0 Å². The van der Waals surface area contributed by atoms with Crippen molar-refractivity contribution in [2.45, 2.75) is 6.42 Å². The number of hydrogen-bond acceptors (Lipinski definition) is 6. The van der Waals surface area contributed by atoms with E-state index in [1.54, 1.807) is 24.3 Å². The molecule has 0 aliphatic carbocycles. The molecule has 3 N–H and O–H groups in total. The highest BCUT2D eigenvalue weighted by Gasteiger charge is 2.16. The molecular weight excluding hydrogens is 418 g/mol. The molecule has 2 heterocycles. The number of H-pyrrole nitrogens is 1. The summed E-state index contributed by atoms with van der Waals surface area (Å²) in [5.41, 5.74) is -0.0181. The number of carbonyl (C=O) groups excluding carboxylic acids is 1. The van der Waals surface area contributed by atoms with Gasteiger partial charge < -0.3 is 14.8 Å². The summed E-state index contributed by atoms with van der Waals surface area (Å²) in [6.07, 6.45) is 0.320.